The molecule has 0 atom stereocenters. The fourth-order valence-corrected chi connectivity index (χ4v) is 3.01. The van der Waals surface area contributed by atoms with E-state index in [1.54, 1.807) is 29.2 Å². The lowest BCUT2D eigenvalue weighted by atomic mass is 10.2. The summed E-state index contributed by atoms with van der Waals surface area (Å²) in [6.45, 7) is 0.838. The summed E-state index contributed by atoms with van der Waals surface area (Å²) in [6, 6.07) is 20.6. The van der Waals surface area contributed by atoms with Crippen LogP contribution in [0.25, 0.3) is 0 Å². The van der Waals surface area contributed by atoms with Gasteiger partial charge in [0.15, 0.2) is 0 Å². The minimum atomic E-state index is -0.242. The Labute approximate surface area is 178 Å². The average molecular weight is 419 g/mol. The Hall–Kier alpha value is -3.71. The van der Waals surface area contributed by atoms with E-state index in [0.717, 1.165) is 11.3 Å². The van der Waals surface area contributed by atoms with Crippen molar-refractivity contribution in [1.29, 1.82) is 0 Å². The zero-order valence-electron chi connectivity index (χ0n) is 16.0. The molecule has 7 nitrogen and oxygen atoms in total. The number of halogens is 1. The standard InChI is InChI=1S/C22H19ClN6O/c23-17-10-8-16(9-11-17)14-29-15-19(27-28-29)13-25-22(30)20-7-4-12-24-21(20)26-18-5-2-1-3-6-18/h1-12,15H,13-14H2,(H,24,26)(H,25,30). The largest absolute Gasteiger partial charge is 0.346 e. The van der Waals surface area contributed by atoms with Crippen LogP contribution in [0.1, 0.15) is 21.6 Å². The number of hydrogen-bond donors (Lipinski definition) is 2. The SMILES string of the molecule is O=C(NCc1cn(Cc2ccc(Cl)cc2)nn1)c1cccnc1Nc1ccccc1. The van der Waals surface area contributed by atoms with Gasteiger partial charge in [-0.25, -0.2) is 9.67 Å². The molecular formula is C22H19ClN6O. The maximum absolute atomic E-state index is 12.7. The molecule has 0 aliphatic rings. The zero-order chi connectivity index (χ0) is 20.8. The molecule has 0 aliphatic carbocycles. The van der Waals surface area contributed by atoms with Gasteiger partial charge in [0.2, 0.25) is 0 Å². The van der Waals surface area contributed by atoms with Crippen LogP contribution in [-0.2, 0) is 13.1 Å². The number of hydrogen-bond acceptors (Lipinski definition) is 5. The molecule has 2 N–H and O–H groups in total. The van der Waals surface area contributed by atoms with Crippen molar-refractivity contribution in [2.45, 2.75) is 13.1 Å². The van der Waals surface area contributed by atoms with Crippen LogP contribution in [0, 0.1) is 0 Å². The minimum Gasteiger partial charge on any atom is -0.346 e. The van der Waals surface area contributed by atoms with Crippen molar-refractivity contribution >= 4 is 29.0 Å². The summed E-state index contributed by atoms with van der Waals surface area (Å²) < 4.78 is 1.72. The van der Waals surface area contributed by atoms with Crippen molar-refractivity contribution in [3.63, 3.8) is 0 Å². The van der Waals surface area contributed by atoms with Crippen LogP contribution in [-0.4, -0.2) is 25.9 Å². The monoisotopic (exact) mass is 418 g/mol. The number of carbonyl (C=O) groups is 1. The van der Waals surface area contributed by atoms with Gasteiger partial charge >= 0.3 is 0 Å². The van der Waals surface area contributed by atoms with E-state index in [-0.39, 0.29) is 12.5 Å². The topological polar surface area (TPSA) is 84.7 Å². The van der Waals surface area contributed by atoms with Crippen molar-refractivity contribution in [2.24, 2.45) is 0 Å². The molecule has 1 amide bonds. The number of rotatable bonds is 7. The minimum absolute atomic E-state index is 0.242. The van der Waals surface area contributed by atoms with Crippen LogP contribution < -0.4 is 10.6 Å². The molecule has 2 aromatic heterocycles. The molecule has 0 aliphatic heterocycles. The number of nitrogens with one attached hydrogen (secondary N) is 2. The van der Waals surface area contributed by atoms with Crippen molar-refractivity contribution in [3.8, 4) is 0 Å². The molecule has 0 saturated carbocycles. The van der Waals surface area contributed by atoms with Gasteiger partial charge in [-0.2, -0.15) is 0 Å². The van der Waals surface area contributed by atoms with Crippen molar-refractivity contribution in [2.75, 3.05) is 5.32 Å². The third-order valence-corrected chi connectivity index (χ3v) is 4.61. The van der Waals surface area contributed by atoms with Crippen LogP contribution in [0.5, 0.6) is 0 Å². The summed E-state index contributed by atoms with van der Waals surface area (Å²) in [5, 5.41) is 15.0. The Balaban J connectivity index is 1.38. The third kappa shape index (κ3) is 5.01. The zero-order valence-corrected chi connectivity index (χ0v) is 16.8. The molecule has 2 heterocycles. The Morgan fingerprint density at radius 2 is 1.80 bits per heavy atom. The van der Waals surface area contributed by atoms with Gasteiger partial charge < -0.3 is 10.6 Å². The van der Waals surface area contributed by atoms with Gasteiger partial charge in [-0.3, -0.25) is 4.79 Å². The van der Waals surface area contributed by atoms with Gasteiger partial charge in [0, 0.05) is 16.9 Å². The van der Waals surface area contributed by atoms with Gasteiger partial charge in [0.05, 0.1) is 24.8 Å². The predicted molar refractivity (Wildman–Crippen MR) is 116 cm³/mol. The molecule has 0 fully saturated rings. The fourth-order valence-electron chi connectivity index (χ4n) is 2.89. The van der Waals surface area contributed by atoms with Crippen molar-refractivity contribution < 1.29 is 4.79 Å². The number of aromatic nitrogens is 4. The van der Waals surface area contributed by atoms with E-state index in [9.17, 15) is 4.79 Å². The van der Waals surface area contributed by atoms with Crippen molar-refractivity contribution in [1.82, 2.24) is 25.3 Å². The molecule has 2 aromatic carbocycles. The highest BCUT2D eigenvalue weighted by Crippen LogP contribution is 2.18. The van der Waals surface area contributed by atoms with Crippen LogP contribution in [0.3, 0.4) is 0 Å². The summed E-state index contributed by atoms with van der Waals surface area (Å²) >= 11 is 5.91. The van der Waals surface area contributed by atoms with Crippen molar-refractivity contribution in [3.05, 3.63) is 101 Å². The molecule has 0 radical (unpaired) electrons. The number of carbonyl (C=O) groups excluding carboxylic acids is 1. The Bertz CT molecular complexity index is 1130. The third-order valence-electron chi connectivity index (χ3n) is 4.36. The molecular weight excluding hydrogens is 400 g/mol. The summed E-state index contributed by atoms with van der Waals surface area (Å²) in [6.07, 6.45) is 3.45. The maximum atomic E-state index is 12.7. The maximum Gasteiger partial charge on any atom is 0.255 e. The predicted octanol–water partition coefficient (Wildman–Crippen LogP) is 4.05. The highest BCUT2D eigenvalue weighted by molar-refractivity contribution is 6.30. The molecule has 30 heavy (non-hydrogen) atoms. The Morgan fingerprint density at radius 3 is 2.60 bits per heavy atom. The van der Waals surface area contributed by atoms with Crippen LogP contribution in [0.2, 0.25) is 5.02 Å². The lowest BCUT2D eigenvalue weighted by Gasteiger charge is -2.10. The first-order chi connectivity index (χ1) is 14.7. The molecule has 0 unspecified atom stereocenters. The first kappa shape index (κ1) is 19.6. The number of anilines is 2. The average Bonchev–Trinajstić information content (AvgIpc) is 3.22. The fraction of sp³-hybridized carbons (Fsp3) is 0.0909. The van der Waals surface area contributed by atoms with Crippen LogP contribution in [0.4, 0.5) is 11.5 Å². The Morgan fingerprint density at radius 1 is 1.00 bits per heavy atom. The van der Waals surface area contributed by atoms with Gasteiger partial charge in [-0.05, 0) is 42.0 Å². The quantitative estimate of drug-likeness (QED) is 0.473. The van der Waals surface area contributed by atoms with Gasteiger partial charge in [0.25, 0.3) is 5.91 Å². The van der Waals surface area contributed by atoms with Crippen LogP contribution in [0.15, 0.2) is 79.1 Å². The van der Waals surface area contributed by atoms with Gasteiger partial charge in [-0.15, -0.1) is 5.10 Å². The molecule has 4 rings (SSSR count). The highest BCUT2D eigenvalue weighted by atomic mass is 35.5. The second-order valence-corrected chi connectivity index (χ2v) is 7.04. The lowest BCUT2D eigenvalue weighted by Crippen LogP contribution is -2.24. The number of pyridine rings is 1. The summed E-state index contributed by atoms with van der Waals surface area (Å²) in [5.41, 5.74) is 3.04. The van der Waals surface area contributed by atoms with Crippen LogP contribution >= 0.6 is 11.6 Å². The molecule has 0 spiro atoms. The summed E-state index contributed by atoms with van der Waals surface area (Å²) in [7, 11) is 0. The summed E-state index contributed by atoms with van der Waals surface area (Å²) in [4.78, 5) is 17.0. The highest BCUT2D eigenvalue weighted by Gasteiger charge is 2.13. The molecule has 0 saturated heterocycles. The van der Waals surface area contributed by atoms with E-state index in [0.29, 0.717) is 28.6 Å². The Kier molecular flexibility index (Phi) is 6.01. The van der Waals surface area contributed by atoms with E-state index in [2.05, 4.69) is 25.9 Å². The molecule has 8 heteroatoms. The van der Waals surface area contributed by atoms with E-state index in [4.69, 9.17) is 11.6 Å². The second kappa shape index (κ2) is 9.19. The first-order valence-corrected chi connectivity index (χ1v) is 9.74. The number of amides is 1. The number of para-hydroxylation sites is 1. The van der Waals surface area contributed by atoms with E-state index in [1.807, 2.05) is 54.6 Å². The number of benzene rings is 2. The van der Waals surface area contributed by atoms with E-state index >= 15 is 0 Å². The second-order valence-electron chi connectivity index (χ2n) is 6.61. The molecule has 4 aromatic rings. The normalized spacial score (nSPS) is 10.6. The number of nitrogens with zero attached hydrogens (tertiary/aromatic N) is 4. The summed E-state index contributed by atoms with van der Waals surface area (Å²) in [5.74, 6) is 0.251. The first-order valence-electron chi connectivity index (χ1n) is 9.36. The molecule has 150 valence electrons. The van der Waals surface area contributed by atoms with Gasteiger partial charge in [-0.1, -0.05) is 47.1 Å². The molecule has 0 bridgehead atoms. The smallest absolute Gasteiger partial charge is 0.255 e. The van der Waals surface area contributed by atoms with Gasteiger partial charge in [0.1, 0.15) is 11.5 Å². The van der Waals surface area contributed by atoms with E-state index in [1.165, 1.54) is 0 Å². The van der Waals surface area contributed by atoms with E-state index < -0.39 is 0 Å². The lowest BCUT2D eigenvalue weighted by molar-refractivity contribution is 0.0951.